The van der Waals surface area contributed by atoms with E-state index in [0.29, 0.717) is 0 Å². The SMILES string of the molecule is OC(c1ccccc1)(c1ccccc1)[C@@H](c1ccccc1)c1cccnc1. The fourth-order valence-corrected chi connectivity index (χ4v) is 3.75. The number of nitrogens with zero attached hydrogens (tertiary/aromatic N) is 1. The maximum Gasteiger partial charge on any atom is 0.126 e. The van der Waals surface area contributed by atoms with Gasteiger partial charge in [-0.15, -0.1) is 0 Å². The second kappa shape index (κ2) is 7.56. The van der Waals surface area contributed by atoms with E-state index in [0.717, 1.165) is 22.3 Å². The zero-order valence-electron chi connectivity index (χ0n) is 14.9. The van der Waals surface area contributed by atoms with E-state index in [9.17, 15) is 5.11 Å². The van der Waals surface area contributed by atoms with Crippen LogP contribution in [0.2, 0.25) is 0 Å². The largest absolute Gasteiger partial charge is 0.379 e. The van der Waals surface area contributed by atoms with Crippen molar-refractivity contribution in [1.82, 2.24) is 4.98 Å². The Morgan fingerprint density at radius 1 is 0.593 bits per heavy atom. The van der Waals surface area contributed by atoms with E-state index in [1.54, 1.807) is 6.20 Å². The molecule has 0 radical (unpaired) electrons. The summed E-state index contributed by atoms with van der Waals surface area (Å²) in [5.74, 6) is -0.294. The van der Waals surface area contributed by atoms with Gasteiger partial charge in [0.15, 0.2) is 0 Å². The summed E-state index contributed by atoms with van der Waals surface area (Å²) < 4.78 is 0. The van der Waals surface area contributed by atoms with Crippen molar-refractivity contribution in [3.05, 3.63) is 138 Å². The van der Waals surface area contributed by atoms with Crippen molar-refractivity contribution in [2.75, 3.05) is 0 Å². The summed E-state index contributed by atoms with van der Waals surface area (Å²) >= 11 is 0. The molecule has 132 valence electrons. The molecule has 2 nitrogen and oxygen atoms in total. The molecule has 1 aromatic heterocycles. The van der Waals surface area contributed by atoms with Gasteiger partial charge in [0.05, 0.1) is 0 Å². The van der Waals surface area contributed by atoms with E-state index in [2.05, 4.69) is 17.1 Å². The van der Waals surface area contributed by atoms with Crippen LogP contribution in [0.4, 0.5) is 0 Å². The average Bonchev–Trinajstić information content (AvgIpc) is 2.76. The van der Waals surface area contributed by atoms with Gasteiger partial charge in [-0.25, -0.2) is 0 Å². The first-order valence-electron chi connectivity index (χ1n) is 9.08. The van der Waals surface area contributed by atoms with Crippen molar-refractivity contribution < 1.29 is 5.11 Å². The van der Waals surface area contributed by atoms with E-state index in [4.69, 9.17) is 0 Å². The maximum atomic E-state index is 12.3. The van der Waals surface area contributed by atoms with Gasteiger partial charge in [0, 0.05) is 18.3 Å². The highest BCUT2D eigenvalue weighted by atomic mass is 16.3. The minimum atomic E-state index is -1.23. The molecule has 1 heterocycles. The van der Waals surface area contributed by atoms with Gasteiger partial charge < -0.3 is 5.11 Å². The molecule has 4 aromatic rings. The molecule has 0 aliphatic carbocycles. The Morgan fingerprint density at radius 2 is 1.07 bits per heavy atom. The predicted octanol–water partition coefficient (Wildman–Crippen LogP) is 5.15. The van der Waals surface area contributed by atoms with Gasteiger partial charge in [-0.05, 0) is 28.3 Å². The van der Waals surface area contributed by atoms with E-state index < -0.39 is 5.60 Å². The summed E-state index contributed by atoms with van der Waals surface area (Å²) in [6.07, 6.45) is 3.60. The van der Waals surface area contributed by atoms with E-state index in [1.165, 1.54) is 0 Å². The number of aromatic nitrogens is 1. The Kier molecular flexibility index (Phi) is 4.82. The topological polar surface area (TPSA) is 33.1 Å². The van der Waals surface area contributed by atoms with Gasteiger partial charge in [-0.2, -0.15) is 0 Å². The van der Waals surface area contributed by atoms with Crippen LogP contribution in [-0.2, 0) is 5.60 Å². The van der Waals surface area contributed by atoms with Crippen LogP contribution >= 0.6 is 0 Å². The third kappa shape index (κ3) is 3.27. The van der Waals surface area contributed by atoms with Crippen molar-refractivity contribution in [1.29, 1.82) is 0 Å². The molecule has 1 atom stereocenters. The monoisotopic (exact) mass is 351 g/mol. The van der Waals surface area contributed by atoms with Crippen molar-refractivity contribution >= 4 is 0 Å². The average molecular weight is 351 g/mol. The summed E-state index contributed by atoms with van der Waals surface area (Å²) in [5, 5.41) is 12.3. The predicted molar refractivity (Wildman–Crippen MR) is 108 cm³/mol. The number of pyridine rings is 1. The second-order valence-electron chi connectivity index (χ2n) is 6.63. The summed E-state index contributed by atoms with van der Waals surface area (Å²) in [5.41, 5.74) is 2.50. The number of hydrogen-bond acceptors (Lipinski definition) is 2. The van der Waals surface area contributed by atoms with Gasteiger partial charge in [0.25, 0.3) is 0 Å². The fourth-order valence-electron chi connectivity index (χ4n) is 3.75. The molecule has 1 N–H and O–H groups in total. The third-order valence-corrected chi connectivity index (χ3v) is 5.00. The maximum absolute atomic E-state index is 12.3. The molecule has 0 saturated carbocycles. The Morgan fingerprint density at radius 3 is 1.56 bits per heavy atom. The number of benzene rings is 3. The minimum Gasteiger partial charge on any atom is -0.379 e. The first-order valence-corrected chi connectivity index (χ1v) is 9.08. The van der Waals surface area contributed by atoms with Gasteiger partial charge in [0.1, 0.15) is 5.60 Å². The molecular formula is C25H21NO. The highest BCUT2D eigenvalue weighted by Crippen LogP contribution is 2.46. The zero-order valence-corrected chi connectivity index (χ0v) is 14.9. The molecule has 0 aliphatic rings. The molecule has 0 aliphatic heterocycles. The van der Waals surface area contributed by atoms with Gasteiger partial charge in [-0.3, -0.25) is 4.98 Å². The van der Waals surface area contributed by atoms with Crippen LogP contribution in [0.5, 0.6) is 0 Å². The number of rotatable bonds is 5. The minimum absolute atomic E-state index is 0.294. The van der Waals surface area contributed by atoms with Crippen LogP contribution in [0.3, 0.4) is 0 Å². The Bertz CT molecular complexity index is 891. The van der Waals surface area contributed by atoms with E-state index in [-0.39, 0.29) is 5.92 Å². The molecule has 0 saturated heterocycles. The first-order chi connectivity index (χ1) is 13.3. The Balaban J connectivity index is 2.01. The summed E-state index contributed by atoms with van der Waals surface area (Å²) in [6, 6.07) is 33.8. The molecule has 0 bridgehead atoms. The highest BCUT2D eigenvalue weighted by Gasteiger charge is 2.42. The molecule has 0 amide bonds. The smallest absolute Gasteiger partial charge is 0.126 e. The molecule has 0 spiro atoms. The molecular weight excluding hydrogens is 330 g/mol. The highest BCUT2D eigenvalue weighted by molar-refractivity contribution is 5.46. The van der Waals surface area contributed by atoms with Gasteiger partial charge in [0.2, 0.25) is 0 Å². The molecule has 0 unspecified atom stereocenters. The lowest BCUT2D eigenvalue weighted by Gasteiger charge is -2.38. The lowest BCUT2D eigenvalue weighted by Crippen LogP contribution is -2.35. The van der Waals surface area contributed by atoms with Crippen molar-refractivity contribution in [3.63, 3.8) is 0 Å². The molecule has 27 heavy (non-hydrogen) atoms. The number of aliphatic hydroxyl groups is 1. The number of hydrogen-bond donors (Lipinski definition) is 1. The standard InChI is InChI=1S/C25H21NO/c27-25(22-14-6-2-7-15-22,23-16-8-3-9-17-23)24(20-11-4-1-5-12-20)21-13-10-18-26-19-21/h1-19,24,27H/t24-/m0/s1. The lowest BCUT2D eigenvalue weighted by molar-refractivity contribution is 0.0624. The van der Waals surface area contributed by atoms with Crippen molar-refractivity contribution in [2.45, 2.75) is 11.5 Å². The molecule has 3 aromatic carbocycles. The van der Waals surface area contributed by atoms with Crippen molar-refractivity contribution in [2.24, 2.45) is 0 Å². The fraction of sp³-hybridized carbons (Fsp3) is 0.0800. The summed E-state index contributed by atoms with van der Waals surface area (Å²) in [4.78, 5) is 4.32. The molecule has 2 heteroatoms. The van der Waals surface area contributed by atoms with Crippen LogP contribution in [0.1, 0.15) is 28.2 Å². The van der Waals surface area contributed by atoms with E-state index >= 15 is 0 Å². The second-order valence-corrected chi connectivity index (χ2v) is 6.63. The normalized spacial score (nSPS) is 12.5. The van der Waals surface area contributed by atoms with Crippen LogP contribution in [0, 0.1) is 0 Å². The quantitative estimate of drug-likeness (QED) is 0.539. The van der Waals surface area contributed by atoms with Crippen LogP contribution in [-0.4, -0.2) is 10.1 Å². The van der Waals surface area contributed by atoms with Gasteiger partial charge in [-0.1, -0.05) is 97.1 Å². The van der Waals surface area contributed by atoms with Crippen LogP contribution in [0.15, 0.2) is 116 Å². The molecule has 4 rings (SSSR count). The summed E-state index contributed by atoms with van der Waals surface area (Å²) in [6.45, 7) is 0. The van der Waals surface area contributed by atoms with Crippen LogP contribution < -0.4 is 0 Å². The first kappa shape index (κ1) is 17.2. The molecule has 0 fully saturated rings. The van der Waals surface area contributed by atoms with Crippen molar-refractivity contribution in [3.8, 4) is 0 Å². The van der Waals surface area contributed by atoms with E-state index in [1.807, 2.05) is 97.2 Å². The summed E-state index contributed by atoms with van der Waals surface area (Å²) in [7, 11) is 0. The lowest BCUT2D eigenvalue weighted by atomic mass is 9.70. The zero-order chi connectivity index (χ0) is 18.5. The Hall–Kier alpha value is -3.23. The third-order valence-electron chi connectivity index (χ3n) is 5.00. The Labute approximate surface area is 159 Å². The van der Waals surface area contributed by atoms with Gasteiger partial charge >= 0.3 is 0 Å². The van der Waals surface area contributed by atoms with Crippen LogP contribution in [0.25, 0.3) is 0 Å².